The molecule has 1 aromatic heterocycles. The van der Waals surface area contributed by atoms with E-state index >= 15 is 0 Å². The van der Waals surface area contributed by atoms with E-state index in [9.17, 15) is 0 Å². The van der Waals surface area contributed by atoms with Crippen molar-refractivity contribution in [1.29, 1.82) is 0 Å². The van der Waals surface area contributed by atoms with Gasteiger partial charge in [0.25, 0.3) is 0 Å². The molecule has 2 rings (SSSR count). The fourth-order valence-electron chi connectivity index (χ4n) is 2.25. The standard InChI is InChI=1S/C15H17Br2NO3/c1-4-18-13(10-7-8-21-15(10)17)9-5-6-11(19-2)12(16)14(9)20-3/h5-8,13,18H,4H2,1-3H3. The highest BCUT2D eigenvalue weighted by atomic mass is 79.9. The molecule has 0 aliphatic carbocycles. The first-order valence-electron chi connectivity index (χ1n) is 6.50. The molecule has 0 radical (unpaired) electrons. The molecule has 0 amide bonds. The Bertz CT molecular complexity index is 613. The molecule has 0 bridgehead atoms. The van der Waals surface area contributed by atoms with E-state index in [-0.39, 0.29) is 6.04 Å². The second-order valence-electron chi connectivity index (χ2n) is 4.34. The molecule has 1 aromatic carbocycles. The van der Waals surface area contributed by atoms with Crippen LogP contribution in [0.2, 0.25) is 0 Å². The smallest absolute Gasteiger partial charge is 0.174 e. The average Bonchev–Trinajstić information content (AvgIpc) is 2.90. The van der Waals surface area contributed by atoms with E-state index in [1.165, 1.54) is 0 Å². The Morgan fingerprint density at radius 2 is 1.90 bits per heavy atom. The third-order valence-electron chi connectivity index (χ3n) is 3.19. The van der Waals surface area contributed by atoms with Crippen LogP contribution in [0.25, 0.3) is 0 Å². The van der Waals surface area contributed by atoms with Gasteiger partial charge < -0.3 is 19.2 Å². The summed E-state index contributed by atoms with van der Waals surface area (Å²) in [5, 5.41) is 3.45. The Morgan fingerprint density at radius 1 is 1.14 bits per heavy atom. The van der Waals surface area contributed by atoms with Gasteiger partial charge in [-0.05, 0) is 56.6 Å². The van der Waals surface area contributed by atoms with Crippen LogP contribution >= 0.6 is 31.9 Å². The van der Waals surface area contributed by atoms with Crippen LogP contribution in [0.1, 0.15) is 24.1 Å². The maximum Gasteiger partial charge on any atom is 0.174 e. The van der Waals surface area contributed by atoms with Gasteiger partial charge in [-0.3, -0.25) is 0 Å². The SMILES string of the molecule is CCNC(c1ccoc1Br)c1ccc(OC)c(Br)c1OC. The van der Waals surface area contributed by atoms with Crippen LogP contribution in [-0.2, 0) is 0 Å². The molecule has 1 unspecified atom stereocenters. The van der Waals surface area contributed by atoms with E-state index in [1.54, 1.807) is 20.5 Å². The van der Waals surface area contributed by atoms with Crippen molar-refractivity contribution in [2.45, 2.75) is 13.0 Å². The van der Waals surface area contributed by atoms with Gasteiger partial charge in [-0.15, -0.1) is 0 Å². The Morgan fingerprint density at radius 3 is 2.43 bits per heavy atom. The molecule has 0 saturated carbocycles. The Hall–Kier alpha value is -0.980. The predicted octanol–water partition coefficient (Wildman–Crippen LogP) is 4.52. The molecule has 0 fully saturated rings. The molecule has 114 valence electrons. The highest BCUT2D eigenvalue weighted by Crippen LogP contribution is 2.42. The summed E-state index contributed by atoms with van der Waals surface area (Å²) in [7, 11) is 3.28. The molecule has 1 atom stereocenters. The third-order valence-corrected chi connectivity index (χ3v) is 4.59. The summed E-state index contributed by atoms with van der Waals surface area (Å²) in [4.78, 5) is 0. The van der Waals surface area contributed by atoms with Gasteiger partial charge in [0.05, 0.1) is 26.5 Å². The Balaban J connectivity index is 2.55. The van der Waals surface area contributed by atoms with Crippen LogP contribution in [0, 0.1) is 0 Å². The zero-order valence-electron chi connectivity index (χ0n) is 12.1. The van der Waals surface area contributed by atoms with Crippen LogP contribution in [0.5, 0.6) is 11.5 Å². The van der Waals surface area contributed by atoms with Crippen molar-refractivity contribution in [3.8, 4) is 11.5 Å². The van der Waals surface area contributed by atoms with Crippen molar-refractivity contribution in [3.63, 3.8) is 0 Å². The van der Waals surface area contributed by atoms with Gasteiger partial charge >= 0.3 is 0 Å². The molecule has 0 aliphatic heterocycles. The molecule has 4 nitrogen and oxygen atoms in total. The van der Waals surface area contributed by atoms with Crippen LogP contribution in [0.3, 0.4) is 0 Å². The van der Waals surface area contributed by atoms with Crippen molar-refractivity contribution < 1.29 is 13.9 Å². The van der Waals surface area contributed by atoms with E-state index in [2.05, 4.69) is 44.1 Å². The van der Waals surface area contributed by atoms with Gasteiger partial charge in [0.15, 0.2) is 4.67 Å². The first kappa shape index (κ1) is 16.4. The number of hydrogen-bond donors (Lipinski definition) is 1. The second kappa shape index (κ2) is 7.33. The van der Waals surface area contributed by atoms with Crippen LogP contribution in [0.15, 0.2) is 38.0 Å². The van der Waals surface area contributed by atoms with Crippen molar-refractivity contribution in [3.05, 3.63) is 44.7 Å². The number of rotatable bonds is 6. The molecular formula is C15H17Br2NO3. The van der Waals surface area contributed by atoms with Crippen molar-refractivity contribution in [2.24, 2.45) is 0 Å². The lowest BCUT2D eigenvalue weighted by atomic mass is 10.00. The molecule has 21 heavy (non-hydrogen) atoms. The van der Waals surface area contributed by atoms with Gasteiger partial charge in [-0.25, -0.2) is 0 Å². The minimum absolute atomic E-state index is 0.0414. The topological polar surface area (TPSA) is 43.6 Å². The number of benzene rings is 1. The highest BCUT2D eigenvalue weighted by Gasteiger charge is 2.24. The number of methoxy groups -OCH3 is 2. The Kier molecular flexibility index (Phi) is 5.72. The fraction of sp³-hybridized carbons (Fsp3) is 0.333. The van der Waals surface area contributed by atoms with Crippen LogP contribution in [0.4, 0.5) is 0 Å². The van der Waals surface area contributed by atoms with Gasteiger partial charge in [0.1, 0.15) is 16.0 Å². The minimum atomic E-state index is -0.0414. The minimum Gasteiger partial charge on any atom is -0.495 e. The monoisotopic (exact) mass is 417 g/mol. The normalized spacial score (nSPS) is 12.2. The van der Waals surface area contributed by atoms with E-state index in [0.29, 0.717) is 4.67 Å². The Labute approximate surface area is 141 Å². The zero-order valence-corrected chi connectivity index (χ0v) is 15.2. The molecule has 6 heteroatoms. The van der Waals surface area contributed by atoms with E-state index in [4.69, 9.17) is 13.9 Å². The summed E-state index contributed by atoms with van der Waals surface area (Å²) in [6.07, 6.45) is 1.66. The summed E-state index contributed by atoms with van der Waals surface area (Å²) in [5.41, 5.74) is 2.03. The quantitative estimate of drug-likeness (QED) is 0.748. The maximum absolute atomic E-state index is 5.57. The highest BCUT2D eigenvalue weighted by molar-refractivity contribution is 9.10. The number of nitrogens with one attached hydrogen (secondary N) is 1. The number of ether oxygens (including phenoxy) is 2. The first-order valence-corrected chi connectivity index (χ1v) is 8.09. The number of hydrogen-bond acceptors (Lipinski definition) is 4. The summed E-state index contributed by atoms with van der Waals surface area (Å²) in [5.74, 6) is 1.48. The van der Waals surface area contributed by atoms with E-state index in [0.717, 1.165) is 33.6 Å². The summed E-state index contributed by atoms with van der Waals surface area (Å²) >= 11 is 6.98. The van der Waals surface area contributed by atoms with Gasteiger partial charge in [0, 0.05) is 11.1 Å². The molecule has 0 aliphatic rings. The molecule has 1 N–H and O–H groups in total. The van der Waals surface area contributed by atoms with Crippen LogP contribution < -0.4 is 14.8 Å². The molecule has 0 spiro atoms. The van der Waals surface area contributed by atoms with Gasteiger partial charge in [-0.2, -0.15) is 0 Å². The number of halogens is 2. The lowest BCUT2D eigenvalue weighted by Gasteiger charge is -2.22. The van der Waals surface area contributed by atoms with Gasteiger partial charge in [-0.1, -0.05) is 6.92 Å². The number of furan rings is 1. The largest absolute Gasteiger partial charge is 0.495 e. The van der Waals surface area contributed by atoms with Crippen molar-refractivity contribution in [2.75, 3.05) is 20.8 Å². The van der Waals surface area contributed by atoms with E-state index in [1.807, 2.05) is 18.2 Å². The second-order valence-corrected chi connectivity index (χ2v) is 5.86. The first-order chi connectivity index (χ1) is 10.1. The van der Waals surface area contributed by atoms with E-state index < -0.39 is 0 Å². The lowest BCUT2D eigenvalue weighted by Crippen LogP contribution is -2.22. The summed E-state index contributed by atoms with van der Waals surface area (Å²) in [6, 6.07) is 5.81. The fourth-order valence-corrected chi connectivity index (χ4v) is 3.40. The summed E-state index contributed by atoms with van der Waals surface area (Å²) in [6.45, 7) is 2.88. The third kappa shape index (κ3) is 3.27. The van der Waals surface area contributed by atoms with Crippen LogP contribution in [-0.4, -0.2) is 20.8 Å². The zero-order chi connectivity index (χ0) is 15.4. The van der Waals surface area contributed by atoms with Crippen molar-refractivity contribution >= 4 is 31.9 Å². The molecular weight excluding hydrogens is 402 g/mol. The molecule has 1 heterocycles. The molecule has 0 saturated heterocycles. The predicted molar refractivity (Wildman–Crippen MR) is 89.2 cm³/mol. The summed E-state index contributed by atoms with van der Waals surface area (Å²) < 4.78 is 17.8. The molecule has 2 aromatic rings. The lowest BCUT2D eigenvalue weighted by molar-refractivity contribution is 0.382. The van der Waals surface area contributed by atoms with Gasteiger partial charge in [0.2, 0.25) is 0 Å². The van der Waals surface area contributed by atoms with Crippen molar-refractivity contribution in [1.82, 2.24) is 5.32 Å². The average molecular weight is 419 g/mol. The maximum atomic E-state index is 5.57.